The van der Waals surface area contributed by atoms with Gasteiger partial charge in [-0.15, -0.1) is 0 Å². The molecule has 0 radical (unpaired) electrons. The number of hydrogen-bond donors (Lipinski definition) is 1. The van der Waals surface area contributed by atoms with E-state index in [1.807, 2.05) is 18.3 Å². The Morgan fingerprint density at radius 1 is 1.37 bits per heavy atom. The van der Waals surface area contributed by atoms with Crippen molar-refractivity contribution in [3.63, 3.8) is 0 Å². The smallest absolute Gasteiger partial charge is 0.135 e. The maximum absolute atomic E-state index is 4.59. The van der Waals surface area contributed by atoms with Crippen molar-refractivity contribution in [3.8, 4) is 0 Å². The molecule has 3 rings (SSSR count). The van der Waals surface area contributed by atoms with Crippen molar-refractivity contribution in [3.05, 3.63) is 46.6 Å². The Hall–Kier alpha value is -1.49. The van der Waals surface area contributed by atoms with Crippen molar-refractivity contribution in [2.75, 3.05) is 5.32 Å². The maximum atomic E-state index is 4.59. The summed E-state index contributed by atoms with van der Waals surface area (Å²) in [5.74, 6) is 2.35. The van der Waals surface area contributed by atoms with Crippen LogP contribution >= 0.6 is 15.9 Å². The summed E-state index contributed by atoms with van der Waals surface area (Å²) in [6.07, 6.45) is 6.06. The summed E-state index contributed by atoms with van der Waals surface area (Å²) in [4.78, 5) is 13.2. The number of nitrogens with zero attached hydrogens (tertiary/aromatic N) is 3. The molecule has 2 heterocycles. The van der Waals surface area contributed by atoms with Crippen LogP contribution in [0, 0.1) is 0 Å². The molecule has 2 aromatic heterocycles. The molecule has 1 fully saturated rings. The van der Waals surface area contributed by atoms with Gasteiger partial charge in [0.2, 0.25) is 0 Å². The highest BCUT2D eigenvalue weighted by atomic mass is 79.9. The van der Waals surface area contributed by atoms with E-state index in [2.05, 4.69) is 49.2 Å². The van der Waals surface area contributed by atoms with Crippen LogP contribution in [0.15, 0.2) is 35.2 Å². The van der Waals surface area contributed by atoms with Gasteiger partial charge in [-0.1, -0.05) is 6.07 Å². The molecule has 19 heavy (non-hydrogen) atoms. The minimum Gasteiger partial charge on any atom is -0.363 e. The Bertz CT molecular complexity index is 569. The van der Waals surface area contributed by atoms with Crippen LogP contribution in [0.5, 0.6) is 0 Å². The van der Waals surface area contributed by atoms with Crippen molar-refractivity contribution in [1.29, 1.82) is 0 Å². The largest absolute Gasteiger partial charge is 0.363 e. The van der Waals surface area contributed by atoms with Crippen molar-refractivity contribution < 1.29 is 0 Å². The molecule has 98 valence electrons. The van der Waals surface area contributed by atoms with E-state index in [0.29, 0.717) is 5.92 Å². The Morgan fingerprint density at radius 2 is 2.21 bits per heavy atom. The number of nitrogens with one attached hydrogen (secondary N) is 1. The lowest BCUT2D eigenvalue weighted by Crippen LogP contribution is -2.09. The van der Waals surface area contributed by atoms with E-state index < -0.39 is 0 Å². The van der Waals surface area contributed by atoms with Crippen LogP contribution in [0.25, 0.3) is 0 Å². The third-order valence-corrected chi connectivity index (χ3v) is 3.61. The first-order chi connectivity index (χ1) is 9.22. The van der Waals surface area contributed by atoms with E-state index in [9.17, 15) is 0 Å². The van der Waals surface area contributed by atoms with Crippen LogP contribution in [-0.2, 0) is 0 Å². The van der Waals surface area contributed by atoms with Gasteiger partial charge in [-0.2, -0.15) is 0 Å². The Kier molecular flexibility index (Phi) is 3.46. The molecular formula is C14H15BrN4. The van der Waals surface area contributed by atoms with E-state index in [-0.39, 0.29) is 6.04 Å². The van der Waals surface area contributed by atoms with E-state index in [1.165, 1.54) is 12.8 Å². The Morgan fingerprint density at radius 3 is 2.89 bits per heavy atom. The Balaban J connectivity index is 1.79. The summed E-state index contributed by atoms with van der Waals surface area (Å²) < 4.78 is 0.838. The van der Waals surface area contributed by atoms with Crippen LogP contribution < -0.4 is 5.32 Å². The highest BCUT2D eigenvalue weighted by Gasteiger charge is 2.27. The molecule has 1 aliphatic rings. The normalized spacial score (nSPS) is 16.1. The SMILES string of the molecule is CC(Nc1cc(Br)nc(C2CC2)n1)c1cccnc1. The molecule has 1 unspecified atom stereocenters. The molecule has 5 heteroatoms. The van der Waals surface area contributed by atoms with Gasteiger partial charge in [-0.3, -0.25) is 4.98 Å². The fourth-order valence-corrected chi connectivity index (χ4v) is 2.37. The molecule has 1 atom stereocenters. The predicted molar refractivity (Wildman–Crippen MR) is 78.0 cm³/mol. The van der Waals surface area contributed by atoms with Crippen LogP contribution in [0.2, 0.25) is 0 Å². The predicted octanol–water partition coefficient (Wildman–Crippen LogP) is 3.68. The molecule has 1 saturated carbocycles. The molecule has 0 aromatic carbocycles. The van der Waals surface area contributed by atoms with Gasteiger partial charge in [-0.25, -0.2) is 9.97 Å². The van der Waals surface area contributed by atoms with Gasteiger partial charge in [0.15, 0.2) is 0 Å². The number of anilines is 1. The summed E-state index contributed by atoms with van der Waals surface area (Å²) in [5, 5.41) is 3.40. The topological polar surface area (TPSA) is 50.7 Å². The first kappa shape index (κ1) is 12.5. The lowest BCUT2D eigenvalue weighted by Gasteiger charge is -2.15. The monoisotopic (exact) mass is 318 g/mol. The van der Waals surface area contributed by atoms with E-state index >= 15 is 0 Å². The van der Waals surface area contributed by atoms with Gasteiger partial charge in [0.1, 0.15) is 16.2 Å². The van der Waals surface area contributed by atoms with E-state index in [4.69, 9.17) is 0 Å². The van der Waals surface area contributed by atoms with Gasteiger partial charge in [0.25, 0.3) is 0 Å². The van der Waals surface area contributed by atoms with Crippen LogP contribution in [-0.4, -0.2) is 15.0 Å². The third-order valence-electron chi connectivity index (χ3n) is 3.20. The fraction of sp³-hybridized carbons (Fsp3) is 0.357. The van der Waals surface area contributed by atoms with Crippen molar-refractivity contribution in [1.82, 2.24) is 15.0 Å². The molecule has 1 aliphatic carbocycles. The highest BCUT2D eigenvalue weighted by Crippen LogP contribution is 2.39. The fourth-order valence-electron chi connectivity index (χ4n) is 1.97. The molecule has 4 nitrogen and oxygen atoms in total. The van der Waals surface area contributed by atoms with Gasteiger partial charge in [0, 0.05) is 24.4 Å². The first-order valence-corrected chi connectivity index (χ1v) is 7.22. The van der Waals surface area contributed by atoms with Gasteiger partial charge in [0.05, 0.1) is 6.04 Å². The number of pyridine rings is 1. The zero-order chi connectivity index (χ0) is 13.2. The second-order valence-electron chi connectivity index (χ2n) is 4.86. The molecule has 0 amide bonds. The third kappa shape index (κ3) is 3.10. The van der Waals surface area contributed by atoms with Gasteiger partial charge in [-0.05, 0) is 47.3 Å². The molecule has 1 N–H and O–H groups in total. The second-order valence-corrected chi connectivity index (χ2v) is 5.67. The zero-order valence-electron chi connectivity index (χ0n) is 10.7. The summed E-state index contributed by atoms with van der Waals surface area (Å²) in [5.41, 5.74) is 1.14. The van der Waals surface area contributed by atoms with Crippen LogP contribution in [0.4, 0.5) is 5.82 Å². The standard InChI is InChI=1S/C14H15BrN4/c1-9(11-3-2-6-16-8-11)17-13-7-12(15)18-14(19-13)10-4-5-10/h2-3,6-10H,4-5H2,1H3,(H,17,18,19). The number of aromatic nitrogens is 3. The summed E-state index contributed by atoms with van der Waals surface area (Å²) in [7, 11) is 0. The summed E-state index contributed by atoms with van der Waals surface area (Å²) in [6.45, 7) is 2.10. The quantitative estimate of drug-likeness (QED) is 0.873. The van der Waals surface area contributed by atoms with Crippen LogP contribution in [0.1, 0.15) is 43.1 Å². The van der Waals surface area contributed by atoms with E-state index in [0.717, 1.165) is 21.8 Å². The minimum absolute atomic E-state index is 0.169. The lowest BCUT2D eigenvalue weighted by molar-refractivity contribution is 0.845. The summed E-state index contributed by atoms with van der Waals surface area (Å²) in [6, 6.07) is 6.09. The van der Waals surface area contributed by atoms with Crippen LogP contribution in [0.3, 0.4) is 0 Å². The van der Waals surface area contributed by atoms with Crippen molar-refractivity contribution in [2.24, 2.45) is 0 Å². The minimum atomic E-state index is 0.169. The molecule has 0 aliphatic heterocycles. The second kappa shape index (κ2) is 5.25. The molecule has 0 bridgehead atoms. The molecule has 2 aromatic rings. The average Bonchev–Trinajstić information content (AvgIpc) is 3.23. The molecule has 0 spiro atoms. The van der Waals surface area contributed by atoms with Crippen molar-refractivity contribution in [2.45, 2.75) is 31.7 Å². The Labute approximate surface area is 120 Å². The van der Waals surface area contributed by atoms with E-state index in [1.54, 1.807) is 6.20 Å². The summed E-state index contributed by atoms with van der Waals surface area (Å²) >= 11 is 3.45. The van der Waals surface area contributed by atoms with Gasteiger partial charge < -0.3 is 5.32 Å². The molecular weight excluding hydrogens is 304 g/mol. The lowest BCUT2D eigenvalue weighted by atomic mass is 10.1. The first-order valence-electron chi connectivity index (χ1n) is 6.43. The average molecular weight is 319 g/mol. The molecule has 0 saturated heterocycles. The zero-order valence-corrected chi connectivity index (χ0v) is 12.3. The van der Waals surface area contributed by atoms with Crippen molar-refractivity contribution >= 4 is 21.7 Å². The number of rotatable bonds is 4. The highest BCUT2D eigenvalue weighted by molar-refractivity contribution is 9.10. The number of halogens is 1. The number of hydrogen-bond acceptors (Lipinski definition) is 4. The maximum Gasteiger partial charge on any atom is 0.135 e. The van der Waals surface area contributed by atoms with Gasteiger partial charge >= 0.3 is 0 Å².